The molecular formula is C33H30N3O2S+. The Hall–Kier alpha value is -4.42. The maximum absolute atomic E-state index is 8.94. The number of aryl methyl sites for hydroxylation is 1. The molecule has 194 valence electrons. The molecule has 6 rings (SSSR count). The van der Waals surface area contributed by atoms with E-state index >= 15 is 0 Å². The van der Waals surface area contributed by atoms with E-state index in [9.17, 15) is 0 Å². The first-order chi connectivity index (χ1) is 19.1. The van der Waals surface area contributed by atoms with Crippen molar-refractivity contribution in [3.05, 3.63) is 107 Å². The van der Waals surface area contributed by atoms with E-state index in [-0.39, 0.29) is 0 Å². The Labute approximate surface area is 232 Å². The number of thiazole rings is 1. The Morgan fingerprint density at radius 2 is 1.62 bits per heavy atom. The summed E-state index contributed by atoms with van der Waals surface area (Å²) < 4.78 is 14.7. The number of benzene rings is 4. The van der Waals surface area contributed by atoms with Crippen LogP contribution in [-0.2, 0) is 13.6 Å². The summed E-state index contributed by atoms with van der Waals surface area (Å²) in [6, 6.07) is 31.2. The zero-order chi connectivity index (χ0) is 26.9. The van der Waals surface area contributed by atoms with Crippen molar-refractivity contribution in [1.29, 1.82) is 5.41 Å². The molecule has 1 N–H and O–H groups in total. The van der Waals surface area contributed by atoms with E-state index in [1.165, 1.54) is 15.8 Å². The molecule has 1 aromatic heterocycles. The Morgan fingerprint density at radius 3 is 2.36 bits per heavy atom. The molecule has 0 saturated carbocycles. The van der Waals surface area contributed by atoms with Crippen molar-refractivity contribution in [2.75, 3.05) is 19.1 Å². The number of nitrogens with zero attached hydrogens (tertiary/aromatic N) is 2. The summed E-state index contributed by atoms with van der Waals surface area (Å²) >= 11 is 1.75. The van der Waals surface area contributed by atoms with Gasteiger partial charge in [0.25, 0.3) is 5.01 Å². The van der Waals surface area contributed by atoms with Crippen LogP contribution >= 0.6 is 11.3 Å². The highest BCUT2D eigenvalue weighted by Gasteiger charge is 2.27. The van der Waals surface area contributed by atoms with E-state index in [2.05, 4.69) is 89.3 Å². The lowest BCUT2D eigenvalue weighted by molar-refractivity contribution is -0.642. The molecule has 39 heavy (non-hydrogen) atoms. The van der Waals surface area contributed by atoms with Gasteiger partial charge < -0.3 is 14.4 Å². The fourth-order valence-electron chi connectivity index (χ4n) is 5.31. The van der Waals surface area contributed by atoms with Gasteiger partial charge in [0, 0.05) is 36.4 Å². The van der Waals surface area contributed by atoms with Crippen molar-refractivity contribution in [2.24, 2.45) is 7.05 Å². The molecule has 0 aliphatic carbocycles. The van der Waals surface area contributed by atoms with E-state index in [4.69, 9.17) is 14.9 Å². The number of fused-ring (bicyclic) bond motifs is 2. The maximum Gasteiger partial charge on any atom is 0.262 e. The molecule has 6 heteroatoms. The summed E-state index contributed by atoms with van der Waals surface area (Å²) in [7, 11) is 5.48. The second-order valence-electron chi connectivity index (χ2n) is 9.60. The summed E-state index contributed by atoms with van der Waals surface area (Å²) in [6.07, 6.45) is 2.84. The molecule has 5 aromatic rings. The fraction of sp³-hybridized carbons (Fsp3) is 0.152. The molecule has 0 unspecified atom stereocenters. The molecule has 0 radical (unpaired) electrons. The molecule has 5 nitrogen and oxygen atoms in total. The molecule has 0 bridgehead atoms. The van der Waals surface area contributed by atoms with Gasteiger partial charge in [0.2, 0.25) is 5.52 Å². The molecule has 0 atom stereocenters. The average Bonchev–Trinajstić information content (AvgIpc) is 3.29. The topological polar surface area (TPSA) is 49.4 Å². The molecule has 0 amide bonds. The van der Waals surface area contributed by atoms with Crippen LogP contribution < -0.4 is 18.9 Å². The largest absolute Gasteiger partial charge is 0.496 e. The second-order valence-corrected chi connectivity index (χ2v) is 10.7. The van der Waals surface area contributed by atoms with Crippen LogP contribution in [0.15, 0.2) is 91.0 Å². The van der Waals surface area contributed by atoms with Crippen LogP contribution in [0.3, 0.4) is 0 Å². The van der Waals surface area contributed by atoms with Crippen molar-refractivity contribution in [2.45, 2.75) is 13.0 Å². The van der Waals surface area contributed by atoms with Crippen molar-refractivity contribution in [3.8, 4) is 22.6 Å². The van der Waals surface area contributed by atoms with Gasteiger partial charge in [-0.05, 0) is 47.0 Å². The van der Waals surface area contributed by atoms with Crippen LogP contribution in [0.2, 0.25) is 0 Å². The standard InChI is InChI=1S/C33H30N3O2S/c1-35-27-17-16-23(33-28(37-2)14-9-15-29(33)38-3)18-30(27)39-32(35)20-24-19-31(34)36(21-22-10-5-4-6-11-22)26-13-8-7-12-25(24)26/h4-18,20,34H,19,21H2,1-3H3/q+1. The highest BCUT2D eigenvalue weighted by atomic mass is 32.1. The first kappa shape index (κ1) is 24.9. The van der Waals surface area contributed by atoms with Gasteiger partial charge in [0.1, 0.15) is 29.1 Å². The smallest absolute Gasteiger partial charge is 0.262 e. The number of anilines is 1. The minimum atomic E-state index is 0.585. The van der Waals surface area contributed by atoms with Crippen LogP contribution in [0, 0.1) is 5.41 Å². The zero-order valence-electron chi connectivity index (χ0n) is 22.3. The van der Waals surface area contributed by atoms with Gasteiger partial charge in [-0.2, -0.15) is 4.57 Å². The van der Waals surface area contributed by atoms with Gasteiger partial charge in [-0.3, -0.25) is 5.41 Å². The molecular weight excluding hydrogens is 502 g/mol. The lowest BCUT2D eigenvalue weighted by atomic mass is 9.94. The third kappa shape index (κ3) is 4.57. The highest BCUT2D eigenvalue weighted by molar-refractivity contribution is 7.19. The van der Waals surface area contributed by atoms with E-state index in [0.717, 1.165) is 44.4 Å². The second kappa shape index (κ2) is 10.4. The van der Waals surface area contributed by atoms with Crippen molar-refractivity contribution in [3.63, 3.8) is 0 Å². The summed E-state index contributed by atoms with van der Waals surface area (Å²) in [4.78, 5) is 2.12. The van der Waals surface area contributed by atoms with Crippen LogP contribution in [0.1, 0.15) is 22.6 Å². The third-order valence-corrected chi connectivity index (χ3v) is 8.44. The normalized spacial score (nSPS) is 14.1. The zero-order valence-corrected chi connectivity index (χ0v) is 23.1. The number of methoxy groups -OCH3 is 2. The van der Waals surface area contributed by atoms with E-state index < -0.39 is 0 Å². The van der Waals surface area contributed by atoms with Crippen LogP contribution in [-0.4, -0.2) is 20.1 Å². The molecule has 2 heterocycles. The first-order valence-corrected chi connectivity index (χ1v) is 13.7. The van der Waals surface area contributed by atoms with E-state index in [1.54, 1.807) is 25.6 Å². The van der Waals surface area contributed by atoms with E-state index in [1.807, 2.05) is 24.3 Å². The minimum absolute atomic E-state index is 0.585. The van der Waals surface area contributed by atoms with E-state index in [0.29, 0.717) is 18.8 Å². The third-order valence-electron chi connectivity index (χ3n) is 7.29. The summed E-state index contributed by atoms with van der Waals surface area (Å²) in [6.45, 7) is 0.690. The number of rotatable bonds is 6. The van der Waals surface area contributed by atoms with Gasteiger partial charge in [-0.15, -0.1) is 0 Å². The average molecular weight is 533 g/mol. The van der Waals surface area contributed by atoms with Crippen molar-refractivity contribution < 1.29 is 14.0 Å². The predicted molar refractivity (Wildman–Crippen MR) is 161 cm³/mol. The Bertz CT molecular complexity index is 1700. The number of amidine groups is 1. The van der Waals surface area contributed by atoms with Crippen LogP contribution in [0.5, 0.6) is 11.5 Å². The van der Waals surface area contributed by atoms with Gasteiger partial charge in [-0.1, -0.05) is 65.9 Å². The van der Waals surface area contributed by atoms with Gasteiger partial charge in [0.15, 0.2) is 0 Å². The SMILES string of the molecule is COc1cccc(OC)c1-c1ccc2c(c1)sc(C=C1CC(=N)N(Cc3ccccc3)c3ccccc31)[n+]2C. The molecule has 0 spiro atoms. The number of hydrogen-bond donors (Lipinski definition) is 1. The monoisotopic (exact) mass is 532 g/mol. The van der Waals surface area contributed by atoms with Gasteiger partial charge in [-0.25, -0.2) is 0 Å². The summed E-state index contributed by atoms with van der Waals surface area (Å²) in [5, 5.41) is 10.1. The predicted octanol–water partition coefficient (Wildman–Crippen LogP) is 7.34. The number of aromatic nitrogens is 1. The Morgan fingerprint density at radius 1 is 0.897 bits per heavy atom. The number of para-hydroxylation sites is 1. The van der Waals surface area contributed by atoms with Gasteiger partial charge in [0.05, 0.1) is 19.8 Å². The van der Waals surface area contributed by atoms with Crippen molar-refractivity contribution in [1.82, 2.24) is 0 Å². The summed E-state index contributed by atoms with van der Waals surface area (Å²) in [5.41, 5.74) is 7.79. The Kier molecular flexibility index (Phi) is 6.63. The van der Waals surface area contributed by atoms with Crippen LogP contribution in [0.25, 0.3) is 33.0 Å². The fourth-order valence-corrected chi connectivity index (χ4v) is 6.47. The number of ether oxygens (including phenoxy) is 2. The first-order valence-electron chi connectivity index (χ1n) is 12.9. The lowest BCUT2D eigenvalue weighted by Crippen LogP contribution is -2.34. The molecule has 1 aliphatic heterocycles. The molecule has 4 aromatic carbocycles. The Balaban J connectivity index is 1.40. The lowest BCUT2D eigenvalue weighted by Gasteiger charge is -2.33. The van der Waals surface area contributed by atoms with Crippen molar-refractivity contribution >= 4 is 44.7 Å². The number of hydrogen-bond acceptors (Lipinski definition) is 4. The number of nitrogens with one attached hydrogen (secondary N) is 1. The highest BCUT2D eigenvalue weighted by Crippen LogP contribution is 2.41. The maximum atomic E-state index is 8.94. The molecule has 0 fully saturated rings. The molecule has 1 aliphatic rings. The summed E-state index contributed by atoms with van der Waals surface area (Å²) in [5.74, 6) is 2.18. The van der Waals surface area contributed by atoms with Crippen LogP contribution in [0.4, 0.5) is 5.69 Å². The quantitative estimate of drug-likeness (QED) is 0.233. The minimum Gasteiger partial charge on any atom is -0.496 e. The molecule has 0 saturated heterocycles. The van der Waals surface area contributed by atoms with Gasteiger partial charge >= 0.3 is 0 Å².